The van der Waals surface area contributed by atoms with Gasteiger partial charge in [-0.2, -0.15) is 35.9 Å². The van der Waals surface area contributed by atoms with Crippen molar-refractivity contribution in [1.29, 1.82) is 0 Å². The van der Waals surface area contributed by atoms with Gasteiger partial charge in [-0.05, 0) is 5.75 Å². The van der Waals surface area contributed by atoms with Crippen LogP contribution < -0.4 is 0 Å². The third kappa shape index (κ3) is 8.99. The second-order valence-corrected chi connectivity index (χ2v) is 4.62. The van der Waals surface area contributed by atoms with Crippen molar-refractivity contribution in [2.45, 2.75) is 13.3 Å². The summed E-state index contributed by atoms with van der Waals surface area (Å²) in [5.74, 6) is 0.902. The number of hydrogen-bond acceptors (Lipinski definition) is 2. The molecule has 2 rings (SSSR count). The maximum atomic E-state index is 10.5. The van der Waals surface area contributed by atoms with Crippen LogP contribution in [0.4, 0.5) is 0 Å². The zero-order chi connectivity index (χ0) is 11.6. The zero-order valence-corrected chi connectivity index (χ0v) is 11.7. The summed E-state index contributed by atoms with van der Waals surface area (Å²) in [5, 5.41) is 0.205. The van der Waals surface area contributed by atoms with Gasteiger partial charge >= 0.3 is 17.1 Å². The van der Waals surface area contributed by atoms with Gasteiger partial charge < -0.3 is 0 Å². The van der Waals surface area contributed by atoms with Gasteiger partial charge in [0.15, 0.2) is 5.12 Å². The van der Waals surface area contributed by atoms with E-state index in [1.807, 2.05) is 42.5 Å². The number of carbonyl (C=O) groups excluding carboxylic acids is 1. The Hall–Kier alpha value is -0.761. The Labute approximate surface area is 118 Å². The molecular formula is C14H16FeOS. The SMILES string of the molecule is CC(=O)SCC[c-]1cccc1.[Fe+2].c1cc[cH-]c1. The summed E-state index contributed by atoms with van der Waals surface area (Å²) in [5.41, 5.74) is 1.32. The first kappa shape index (κ1) is 16.2. The van der Waals surface area contributed by atoms with E-state index in [1.165, 1.54) is 17.3 Å². The minimum Gasteiger partial charge on any atom is -0.288 e. The molecule has 0 amide bonds. The molecule has 0 aliphatic heterocycles. The molecule has 0 saturated heterocycles. The normalized spacial score (nSPS) is 8.76. The van der Waals surface area contributed by atoms with Gasteiger partial charge in [0.05, 0.1) is 0 Å². The van der Waals surface area contributed by atoms with Gasteiger partial charge in [-0.25, -0.2) is 24.3 Å². The Morgan fingerprint density at radius 2 is 1.76 bits per heavy atom. The molecule has 0 radical (unpaired) electrons. The zero-order valence-electron chi connectivity index (χ0n) is 9.78. The topological polar surface area (TPSA) is 17.1 Å². The van der Waals surface area contributed by atoms with Gasteiger partial charge in [-0.3, -0.25) is 4.79 Å². The molecule has 17 heavy (non-hydrogen) atoms. The molecule has 0 aliphatic carbocycles. The number of hydrogen-bond donors (Lipinski definition) is 0. The van der Waals surface area contributed by atoms with E-state index in [0.29, 0.717) is 0 Å². The van der Waals surface area contributed by atoms with Crippen LogP contribution >= 0.6 is 11.8 Å². The Morgan fingerprint density at radius 1 is 1.18 bits per heavy atom. The predicted molar refractivity (Wildman–Crippen MR) is 70.9 cm³/mol. The maximum absolute atomic E-state index is 10.5. The van der Waals surface area contributed by atoms with E-state index in [0.717, 1.165) is 12.2 Å². The molecular weight excluding hydrogens is 272 g/mol. The largest absolute Gasteiger partial charge is 2.00 e. The molecule has 0 saturated carbocycles. The fraction of sp³-hybridized carbons (Fsp3) is 0.214. The van der Waals surface area contributed by atoms with Crippen molar-refractivity contribution in [1.82, 2.24) is 0 Å². The van der Waals surface area contributed by atoms with Crippen LogP contribution in [0.25, 0.3) is 0 Å². The maximum Gasteiger partial charge on any atom is 2.00 e. The summed E-state index contributed by atoms with van der Waals surface area (Å²) in [6.07, 6.45) is 0.997. The summed E-state index contributed by atoms with van der Waals surface area (Å²) in [7, 11) is 0. The average Bonchev–Trinajstić information content (AvgIpc) is 2.93. The summed E-state index contributed by atoms with van der Waals surface area (Å²) >= 11 is 1.39. The van der Waals surface area contributed by atoms with Gasteiger partial charge in [0.1, 0.15) is 0 Å². The van der Waals surface area contributed by atoms with Crippen molar-refractivity contribution < 1.29 is 21.9 Å². The molecule has 0 unspecified atom stereocenters. The van der Waals surface area contributed by atoms with Crippen molar-refractivity contribution in [2.75, 3.05) is 5.75 Å². The van der Waals surface area contributed by atoms with Gasteiger partial charge in [-0.1, -0.05) is 18.2 Å². The van der Waals surface area contributed by atoms with Crippen LogP contribution in [0.1, 0.15) is 12.5 Å². The van der Waals surface area contributed by atoms with E-state index < -0.39 is 0 Å². The van der Waals surface area contributed by atoms with Crippen LogP contribution in [0.15, 0.2) is 54.6 Å². The molecule has 0 spiro atoms. The standard InChI is InChI=1S/C9H11OS.C5H5.Fe/c1-8(10)11-7-6-9-4-2-3-5-9;1-2-4-5-3-1;/h2-5H,6-7H2,1H3;1-5H;/q2*-1;+2. The van der Waals surface area contributed by atoms with Crippen LogP contribution in [0.2, 0.25) is 0 Å². The molecule has 1 nitrogen and oxygen atoms in total. The Morgan fingerprint density at radius 3 is 2.18 bits per heavy atom. The molecule has 0 fully saturated rings. The molecule has 3 heteroatoms. The fourth-order valence-corrected chi connectivity index (χ4v) is 1.84. The number of thioether (sulfide) groups is 1. The molecule has 0 atom stereocenters. The van der Waals surface area contributed by atoms with Crippen LogP contribution in [0.5, 0.6) is 0 Å². The number of rotatable bonds is 3. The molecule has 92 valence electrons. The monoisotopic (exact) mass is 288 g/mol. The smallest absolute Gasteiger partial charge is 0.288 e. The fourth-order valence-electron chi connectivity index (χ4n) is 1.21. The van der Waals surface area contributed by atoms with Crippen molar-refractivity contribution in [3.63, 3.8) is 0 Å². The van der Waals surface area contributed by atoms with E-state index in [4.69, 9.17) is 0 Å². The summed E-state index contributed by atoms with van der Waals surface area (Å²) < 4.78 is 0. The van der Waals surface area contributed by atoms with Crippen molar-refractivity contribution in [3.05, 3.63) is 60.2 Å². The Kier molecular flexibility index (Phi) is 9.93. The predicted octanol–water partition coefficient (Wildman–Crippen LogP) is 3.63. The number of aryl methyl sites for hydroxylation is 1. The van der Waals surface area contributed by atoms with Crippen LogP contribution in [-0.4, -0.2) is 10.9 Å². The molecule has 0 N–H and O–H groups in total. The molecule has 0 heterocycles. The van der Waals surface area contributed by atoms with Gasteiger partial charge in [-0.15, -0.1) is 0 Å². The first-order valence-corrected chi connectivity index (χ1v) is 6.28. The second kappa shape index (κ2) is 10.4. The Bertz CT molecular complexity index is 348. The van der Waals surface area contributed by atoms with Crippen LogP contribution in [0.3, 0.4) is 0 Å². The first-order valence-electron chi connectivity index (χ1n) is 5.29. The van der Waals surface area contributed by atoms with Gasteiger partial charge in [0.25, 0.3) is 0 Å². The minimum atomic E-state index is 0. The average molecular weight is 288 g/mol. The van der Waals surface area contributed by atoms with Crippen molar-refractivity contribution in [3.8, 4) is 0 Å². The first-order chi connectivity index (χ1) is 7.79. The summed E-state index contributed by atoms with van der Waals surface area (Å²) in [6, 6.07) is 18.2. The second-order valence-electron chi connectivity index (χ2n) is 3.35. The third-order valence-corrected chi connectivity index (χ3v) is 2.80. The van der Waals surface area contributed by atoms with Crippen molar-refractivity contribution in [2.24, 2.45) is 0 Å². The van der Waals surface area contributed by atoms with E-state index in [-0.39, 0.29) is 22.2 Å². The Balaban J connectivity index is 0.000000360. The van der Waals surface area contributed by atoms with E-state index in [9.17, 15) is 4.79 Å². The summed E-state index contributed by atoms with van der Waals surface area (Å²) in [4.78, 5) is 10.5. The van der Waals surface area contributed by atoms with Crippen LogP contribution in [-0.2, 0) is 28.3 Å². The third-order valence-electron chi connectivity index (χ3n) is 1.98. The minimum absolute atomic E-state index is 0. The quantitative estimate of drug-likeness (QED) is 0.633. The molecule has 0 aromatic heterocycles. The van der Waals surface area contributed by atoms with Gasteiger partial charge in [0.2, 0.25) is 0 Å². The van der Waals surface area contributed by atoms with Crippen molar-refractivity contribution >= 4 is 16.9 Å². The molecule has 2 aromatic carbocycles. The molecule has 0 bridgehead atoms. The van der Waals surface area contributed by atoms with Crippen LogP contribution in [0, 0.1) is 0 Å². The van der Waals surface area contributed by atoms with E-state index in [2.05, 4.69) is 12.1 Å². The number of carbonyl (C=O) groups is 1. The van der Waals surface area contributed by atoms with E-state index in [1.54, 1.807) is 6.92 Å². The molecule has 0 aliphatic rings. The molecule has 2 aromatic rings. The van der Waals surface area contributed by atoms with E-state index >= 15 is 0 Å². The summed E-state index contributed by atoms with van der Waals surface area (Å²) in [6.45, 7) is 1.61. The van der Waals surface area contributed by atoms with Gasteiger partial charge in [0, 0.05) is 6.92 Å².